The minimum atomic E-state index is 0.291. The molecule has 1 aliphatic rings. The maximum atomic E-state index is 5.48. The summed E-state index contributed by atoms with van der Waals surface area (Å²) in [5.41, 5.74) is 2.97. The molecule has 5 nitrogen and oxygen atoms in total. The molecule has 1 aromatic carbocycles. The molecule has 112 valence electrons. The van der Waals surface area contributed by atoms with Crippen LogP contribution in [0.4, 0.5) is 5.82 Å². The van der Waals surface area contributed by atoms with Crippen LogP contribution in [0.3, 0.4) is 0 Å². The number of anilines is 1. The standard InChI is InChI=1S/C17H18N4O/c1-22-14-8-10-20(12-14)17-11-15(13-5-3-2-4-6-13)19-16-7-9-18-21(16)17/h2-7,9,11,14H,8,10,12H2,1H3. The molecule has 4 rings (SSSR count). The summed E-state index contributed by atoms with van der Waals surface area (Å²) < 4.78 is 7.39. The van der Waals surface area contributed by atoms with Crippen molar-refractivity contribution in [3.05, 3.63) is 48.7 Å². The van der Waals surface area contributed by atoms with Crippen LogP contribution >= 0.6 is 0 Å². The minimum absolute atomic E-state index is 0.291. The average molecular weight is 294 g/mol. The molecule has 3 aromatic rings. The van der Waals surface area contributed by atoms with Crippen molar-refractivity contribution in [1.82, 2.24) is 14.6 Å². The molecule has 0 N–H and O–H groups in total. The Bertz CT molecular complexity index is 784. The number of fused-ring (bicyclic) bond motifs is 1. The highest BCUT2D eigenvalue weighted by Crippen LogP contribution is 2.27. The van der Waals surface area contributed by atoms with Gasteiger partial charge in [-0.3, -0.25) is 0 Å². The molecule has 22 heavy (non-hydrogen) atoms. The molecule has 1 fully saturated rings. The Hall–Kier alpha value is -2.40. The van der Waals surface area contributed by atoms with E-state index in [4.69, 9.17) is 9.72 Å². The highest BCUT2D eigenvalue weighted by molar-refractivity contribution is 5.67. The zero-order valence-electron chi connectivity index (χ0n) is 12.5. The molecule has 1 atom stereocenters. The van der Waals surface area contributed by atoms with Crippen LogP contribution in [-0.4, -0.2) is 40.9 Å². The first-order chi connectivity index (χ1) is 10.8. The Balaban J connectivity index is 1.81. The van der Waals surface area contributed by atoms with Crippen molar-refractivity contribution in [2.75, 3.05) is 25.1 Å². The van der Waals surface area contributed by atoms with E-state index in [-0.39, 0.29) is 0 Å². The molecule has 2 aromatic heterocycles. The maximum Gasteiger partial charge on any atom is 0.157 e. The smallest absolute Gasteiger partial charge is 0.157 e. The SMILES string of the molecule is COC1CCN(c2cc(-c3ccccc3)nc3ccnn23)C1. The summed E-state index contributed by atoms with van der Waals surface area (Å²) in [6, 6.07) is 14.3. The third kappa shape index (κ3) is 2.23. The Morgan fingerprint density at radius 3 is 2.82 bits per heavy atom. The number of benzene rings is 1. The topological polar surface area (TPSA) is 42.7 Å². The zero-order chi connectivity index (χ0) is 14.9. The Kier molecular flexibility index (Phi) is 3.27. The summed E-state index contributed by atoms with van der Waals surface area (Å²) in [4.78, 5) is 7.04. The van der Waals surface area contributed by atoms with Gasteiger partial charge in [-0.25, -0.2) is 4.98 Å². The van der Waals surface area contributed by atoms with Crippen LogP contribution in [0.15, 0.2) is 48.7 Å². The van der Waals surface area contributed by atoms with Crippen LogP contribution in [-0.2, 0) is 4.74 Å². The van der Waals surface area contributed by atoms with Crippen molar-refractivity contribution >= 4 is 11.5 Å². The third-order valence-corrected chi connectivity index (χ3v) is 4.21. The van der Waals surface area contributed by atoms with Gasteiger partial charge in [0.05, 0.1) is 18.0 Å². The molecule has 0 saturated carbocycles. The molecular weight excluding hydrogens is 276 g/mol. The quantitative estimate of drug-likeness (QED) is 0.745. The molecule has 1 saturated heterocycles. The van der Waals surface area contributed by atoms with Crippen LogP contribution in [0.1, 0.15) is 6.42 Å². The number of methoxy groups -OCH3 is 1. The Labute approximate surface area is 129 Å². The summed E-state index contributed by atoms with van der Waals surface area (Å²) in [6.45, 7) is 1.87. The second-order valence-corrected chi connectivity index (χ2v) is 5.56. The molecule has 1 unspecified atom stereocenters. The van der Waals surface area contributed by atoms with E-state index in [9.17, 15) is 0 Å². The van der Waals surface area contributed by atoms with Crippen LogP contribution in [0.5, 0.6) is 0 Å². The lowest BCUT2D eigenvalue weighted by Gasteiger charge is -2.20. The predicted octanol–water partition coefficient (Wildman–Crippen LogP) is 2.62. The van der Waals surface area contributed by atoms with Gasteiger partial charge < -0.3 is 9.64 Å². The number of aromatic nitrogens is 3. The summed E-state index contributed by atoms with van der Waals surface area (Å²) in [5.74, 6) is 1.08. The average Bonchev–Trinajstić information content (AvgIpc) is 3.23. The molecule has 1 aliphatic heterocycles. The molecule has 5 heteroatoms. The summed E-state index contributed by atoms with van der Waals surface area (Å²) in [7, 11) is 1.78. The van der Waals surface area contributed by atoms with Crippen LogP contribution in [0, 0.1) is 0 Å². The minimum Gasteiger partial charge on any atom is -0.380 e. The zero-order valence-corrected chi connectivity index (χ0v) is 12.5. The van der Waals surface area contributed by atoms with E-state index >= 15 is 0 Å². The molecular formula is C17H18N4O. The summed E-state index contributed by atoms with van der Waals surface area (Å²) in [5, 5.41) is 4.42. The number of hydrogen-bond donors (Lipinski definition) is 0. The van der Waals surface area contributed by atoms with Gasteiger partial charge >= 0.3 is 0 Å². The number of hydrogen-bond acceptors (Lipinski definition) is 4. The number of rotatable bonds is 3. The first kappa shape index (κ1) is 13.3. The van der Waals surface area contributed by atoms with Crippen molar-refractivity contribution in [3.8, 4) is 11.3 Å². The second-order valence-electron chi connectivity index (χ2n) is 5.56. The summed E-state index contributed by atoms with van der Waals surface area (Å²) in [6.07, 6.45) is 3.13. The van der Waals surface area contributed by atoms with E-state index in [2.05, 4.69) is 28.2 Å². The van der Waals surface area contributed by atoms with Gasteiger partial charge in [-0.1, -0.05) is 30.3 Å². The molecule has 0 aliphatic carbocycles. The summed E-state index contributed by atoms with van der Waals surface area (Å²) >= 11 is 0. The highest BCUT2D eigenvalue weighted by Gasteiger charge is 2.24. The fourth-order valence-corrected chi connectivity index (χ4v) is 3.01. The van der Waals surface area contributed by atoms with E-state index in [1.165, 1.54) is 0 Å². The highest BCUT2D eigenvalue weighted by atomic mass is 16.5. The van der Waals surface area contributed by atoms with Crippen LogP contribution in [0.2, 0.25) is 0 Å². The van der Waals surface area contributed by atoms with Crippen LogP contribution < -0.4 is 4.90 Å². The Morgan fingerprint density at radius 2 is 2.05 bits per heavy atom. The van der Waals surface area contributed by atoms with Gasteiger partial charge in [0.25, 0.3) is 0 Å². The van der Waals surface area contributed by atoms with Gasteiger partial charge in [-0.2, -0.15) is 9.61 Å². The van der Waals surface area contributed by atoms with Gasteiger partial charge in [-0.05, 0) is 6.42 Å². The van der Waals surface area contributed by atoms with Crippen molar-refractivity contribution in [2.24, 2.45) is 0 Å². The molecule has 3 heterocycles. The van der Waals surface area contributed by atoms with Gasteiger partial charge in [0.15, 0.2) is 5.65 Å². The first-order valence-electron chi connectivity index (χ1n) is 7.53. The van der Waals surface area contributed by atoms with E-state index < -0.39 is 0 Å². The predicted molar refractivity (Wildman–Crippen MR) is 86.1 cm³/mol. The van der Waals surface area contributed by atoms with Crippen molar-refractivity contribution < 1.29 is 4.74 Å². The van der Waals surface area contributed by atoms with E-state index in [0.29, 0.717) is 6.10 Å². The van der Waals surface area contributed by atoms with E-state index in [1.54, 1.807) is 13.3 Å². The van der Waals surface area contributed by atoms with Crippen molar-refractivity contribution in [3.63, 3.8) is 0 Å². The fraction of sp³-hybridized carbons (Fsp3) is 0.294. The lowest BCUT2D eigenvalue weighted by atomic mass is 10.1. The maximum absolute atomic E-state index is 5.48. The lowest BCUT2D eigenvalue weighted by molar-refractivity contribution is 0.121. The van der Waals surface area contributed by atoms with Crippen LogP contribution in [0.25, 0.3) is 16.9 Å². The van der Waals surface area contributed by atoms with Gasteiger partial charge in [0.1, 0.15) is 5.82 Å². The third-order valence-electron chi connectivity index (χ3n) is 4.21. The van der Waals surface area contributed by atoms with Gasteiger partial charge in [0.2, 0.25) is 0 Å². The molecule has 0 amide bonds. The van der Waals surface area contributed by atoms with Crippen molar-refractivity contribution in [1.29, 1.82) is 0 Å². The monoisotopic (exact) mass is 294 g/mol. The first-order valence-corrected chi connectivity index (χ1v) is 7.53. The lowest BCUT2D eigenvalue weighted by Crippen LogP contribution is -2.24. The molecule has 0 spiro atoms. The fourth-order valence-electron chi connectivity index (χ4n) is 3.01. The molecule has 0 bridgehead atoms. The second kappa shape index (κ2) is 5.42. The number of ether oxygens (including phenoxy) is 1. The normalized spacial score (nSPS) is 18.2. The Morgan fingerprint density at radius 1 is 1.18 bits per heavy atom. The van der Waals surface area contributed by atoms with E-state index in [1.807, 2.05) is 28.8 Å². The van der Waals surface area contributed by atoms with E-state index in [0.717, 1.165) is 42.2 Å². The van der Waals surface area contributed by atoms with Gasteiger partial charge in [0, 0.05) is 37.9 Å². The van der Waals surface area contributed by atoms with Gasteiger partial charge in [-0.15, -0.1) is 0 Å². The van der Waals surface area contributed by atoms with Crippen molar-refractivity contribution in [2.45, 2.75) is 12.5 Å². The molecule has 0 radical (unpaired) electrons. The largest absolute Gasteiger partial charge is 0.380 e. The number of nitrogens with zero attached hydrogens (tertiary/aromatic N) is 4.